The van der Waals surface area contributed by atoms with Crippen LogP contribution in [-0.4, -0.2) is 74.5 Å². The van der Waals surface area contributed by atoms with Crippen LogP contribution in [0.4, 0.5) is 10.5 Å². The average molecular weight is 590 g/mol. The molecule has 0 radical (unpaired) electrons. The largest absolute Gasteiger partial charge is 0.354 e. The number of halogens is 1. The molecule has 196 valence electrons. The van der Waals surface area contributed by atoms with Gasteiger partial charge >= 0.3 is 6.03 Å². The van der Waals surface area contributed by atoms with Gasteiger partial charge < -0.3 is 15.5 Å². The second-order valence-electron chi connectivity index (χ2n) is 9.43. The summed E-state index contributed by atoms with van der Waals surface area (Å²) in [5.74, 6) is -0.0506. The number of hydrogen-bond acceptors (Lipinski definition) is 5. The van der Waals surface area contributed by atoms with Crippen LogP contribution >= 0.6 is 15.9 Å². The second-order valence-corrected chi connectivity index (χ2v) is 12.2. The van der Waals surface area contributed by atoms with Crippen LogP contribution in [0.5, 0.6) is 0 Å². The third-order valence-corrected chi connectivity index (χ3v) is 8.46. The van der Waals surface area contributed by atoms with Crippen LogP contribution in [0.1, 0.15) is 41.2 Å². The molecule has 1 saturated heterocycles. The van der Waals surface area contributed by atoms with Gasteiger partial charge in [0, 0.05) is 43.1 Å². The molecule has 2 N–H and O–H groups in total. The Morgan fingerprint density at radius 3 is 2.57 bits per heavy atom. The van der Waals surface area contributed by atoms with Gasteiger partial charge in [0.15, 0.2) is 0 Å². The third kappa shape index (κ3) is 5.17. The molecule has 37 heavy (non-hydrogen) atoms. The molecule has 5 rings (SSSR count). The van der Waals surface area contributed by atoms with Crippen molar-refractivity contribution in [3.63, 3.8) is 0 Å². The molecule has 2 aromatic carbocycles. The third-order valence-electron chi connectivity index (χ3n) is 6.75. The zero-order valence-electron chi connectivity index (χ0n) is 20.7. The second kappa shape index (κ2) is 9.97. The first kappa shape index (κ1) is 25.5. The fourth-order valence-electron chi connectivity index (χ4n) is 4.78. The first-order valence-corrected chi connectivity index (χ1v) is 14.9. The Morgan fingerprint density at radius 2 is 1.97 bits per heavy atom. The predicted octanol–water partition coefficient (Wildman–Crippen LogP) is 3.21. The summed E-state index contributed by atoms with van der Waals surface area (Å²) in [4.78, 5) is 26.6. The molecule has 10 nitrogen and oxygen atoms in total. The van der Waals surface area contributed by atoms with Crippen molar-refractivity contribution in [2.45, 2.75) is 25.2 Å². The molecule has 12 heteroatoms. The number of amides is 3. The van der Waals surface area contributed by atoms with Crippen molar-refractivity contribution in [2.75, 3.05) is 43.8 Å². The first-order chi connectivity index (χ1) is 17.7. The average Bonchev–Trinajstić information content (AvgIpc) is 3.52. The molecule has 1 saturated carbocycles. The van der Waals surface area contributed by atoms with E-state index in [9.17, 15) is 18.0 Å². The summed E-state index contributed by atoms with van der Waals surface area (Å²) in [6.45, 7) is 1.93. The SMILES string of the molecule is CNC(=O)c1c2cc(C3CC3)c(N(CCCN3CCNC3=O)S(C)(=O)=O)cc2nn1-c1ccc(Br)cc1. The summed E-state index contributed by atoms with van der Waals surface area (Å²) in [6, 6.07) is 11.1. The lowest BCUT2D eigenvalue weighted by Crippen LogP contribution is -2.35. The minimum atomic E-state index is -3.61. The summed E-state index contributed by atoms with van der Waals surface area (Å²) in [5, 5.41) is 10.9. The van der Waals surface area contributed by atoms with Gasteiger partial charge in [0.25, 0.3) is 5.91 Å². The highest BCUT2D eigenvalue weighted by molar-refractivity contribution is 9.10. The smallest absolute Gasteiger partial charge is 0.317 e. The zero-order chi connectivity index (χ0) is 26.3. The number of nitrogens with zero attached hydrogens (tertiary/aromatic N) is 4. The maximum atomic E-state index is 13.0. The number of rotatable bonds is 9. The molecule has 0 unspecified atom stereocenters. The zero-order valence-corrected chi connectivity index (χ0v) is 23.1. The molecule has 0 atom stereocenters. The van der Waals surface area contributed by atoms with Gasteiger partial charge in [0.1, 0.15) is 5.69 Å². The number of fused-ring (bicyclic) bond motifs is 1. The Kier molecular flexibility index (Phi) is 6.88. The van der Waals surface area contributed by atoms with E-state index in [4.69, 9.17) is 5.10 Å². The molecular weight excluding hydrogens is 560 g/mol. The summed E-state index contributed by atoms with van der Waals surface area (Å²) in [5.41, 5.74) is 3.15. The van der Waals surface area contributed by atoms with Gasteiger partial charge in [-0.25, -0.2) is 17.9 Å². The van der Waals surface area contributed by atoms with Crippen molar-refractivity contribution < 1.29 is 18.0 Å². The van der Waals surface area contributed by atoms with Crippen LogP contribution in [0.2, 0.25) is 0 Å². The molecule has 3 amide bonds. The highest BCUT2D eigenvalue weighted by Gasteiger charge is 2.33. The maximum absolute atomic E-state index is 13.0. The fourth-order valence-corrected chi connectivity index (χ4v) is 6.02. The highest BCUT2D eigenvalue weighted by atomic mass is 79.9. The van der Waals surface area contributed by atoms with Crippen molar-refractivity contribution in [3.8, 4) is 5.69 Å². The van der Waals surface area contributed by atoms with Crippen molar-refractivity contribution >= 4 is 54.5 Å². The lowest BCUT2D eigenvalue weighted by molar-refractivity contribution is 0.0957. The number of nitrogens with one attached hydrogen (secondary N) is 2. The molecular formula is C25H29BrN6O4S. The summed E-state index contributed by atoms with van der Waals surface area (Å²) < 4.78 is 29.9. The Bertz CT molecular complexity index is 1470. The van der Waals surface area contributed by atoms with Crippen molar-refractivity contribution in [2.24, 2.45) is 0 Å². The van der Waals surface area contributed by atoms with Crippen LogP contribution in [0.25, 0.3) is 16.6 Å². The summed E-state index contributed by atoms with van der Waals surface area (Å²) in [7, 11) is -2.03. The molecule has 2 fully saturated rings. The van der Waals surface area contributed by atoms with Crippen molar-refractivity contribution in [1.82, 2.24) is 25.3 Å². The standard InChI is InChI=1S/C25H29BrN6O4S/c1-27-24(33)23-20-14-19(16-4-5-16)22(15-21(20)29-32(23)18-8-6-17(26)7-9-18)31(37(2,35)36)12-3-11-30-13-10-28-25(30)34/h6-9,14-16H,3-5,10-13H2,1-2H3,(H,27,33)(H,28,34). The Labute approximate surface area is 224 Å². The van der Waals surface area contributed by atoms with Crippen LogP contribution < -0.4 is 14.9 Å². The van der Waals surface area contributed by atoms with Gasteiger partial charge in [-0.2, -0.15) is 5.10 Å². The van der Waals surface area contributed by atoms with E-state index < -0.39 is 10.0 Å². The van der Waals surface area contributed by atoms with Gasteiger partial charge in [-0.15, -0.1) is 0 Å². The topological polar surface area (TPSA) is 117 Å². The van der Waals surface area contributed by atoms with Crippen LogP contribution in [0, 0.1) is 0 Å². The number of carbonyl (C=O) groups excluding carboxylic acids is 2. The molecule has 0 spiro atoms. The summed E-state index contributed by atoms with van der Waals surface area (Å²) >= 11 is 3.44. The molecule has 1 aromatic heterocycles. The monoisotopic (exact) mass is 588 g/mol. The number of anilines is 1. The number of carbonyl (C=O) groups is 2. The van der Waals surface area contributed by atoms with E-state index in [0.29, 0.717) is 48.3 Å². The Balaban J connectivity index is 1.59. The molecule has 0 bridgehead atoms. The Hall–Kier alpha value is -3.12. The van der Waals surface area contributed by atoms with E-state index >= 15 is 0 Å². The quantitative estimate of drug-likeness (QED) is 0.398. The lowest BCUT2D eigenvalue weighted by atomic mass is 10.0. The van der Waals surface area contributed by atoms with Crippen LogP contribution in [0.15, 0.2) is 40.9 Å². The van der Waals surface area contributed by atoms with Crippen molar-refractivity contribution in [3.05, 3.63) is 52.1 Å². The lowest BCUT2D eigenvalue weighted by Gasteiger charge is -2.26. The van der Waals surface area contributed by atoms with Gasteiger partial charge in [-0.05, 0) is 67.1 Å². The van der Waals surface area contributed by atoms with Gasteiger partial charge in [-0.3, -0.25) is 9.10 Å². The maximum Gasteiger partial charge on any atom is 0.317 e. The minimum Gasteiger partial charge on any atom is -0.354 e. The van der Waals surface area contributed by atoms with E-state index in [2.05, 4.69) is 26.6 Å². The van der Waals surface area contributed by atoms with E-state index in [-0.39, 0.29) is 24.4 Å². The fraction of sp³-hybridized carbons (Fsp3) is 0.400. The molecule has 1 aliphatic carbocycles. The number of hydrogen-bond donors (Lipinski definition) is 2. The number of aromatic nitrogens is 2. The molecule has 2 heterocycles. The van der Waals surface area contributed by atoms with E-state index in [1.807, 2.05) is 30.3 Å². The number of sulfonamides is 1. The summed E-state index contributed by atoms with van der Waals surface area (Å²) in [6.07, 6.45) is 3.62. The molecule has 2 aliphatic rings. The van der Waals surface area contributed by atoms with E-state index in [1.165, 1.54) is 10.6 Å². The van der Waals surface area contributed by atoms with E-state index in [0.717, 1.165) is 28.6 Å². The molecule has 3 aromatic rings. The van der Waals surface area contributed by atoms with E-state index in [1.54, 1.807) is 22.7 Å². The number of benzene rings is 2. The predicted molar refractivity (Wildman–Crippen MR) is 146 cm³/mol. The first-order valence-electron chi connectivity index (χ1n) is 12.2. The highest BCUT2D eigenvalue weighted by Crippen LogP contribution is 2.46. The normalized spacial score (nSPS) is 15.8. The van der Waals surface area contributed by atoms with Crippen LogP contribution in [-0.2, 0) is 10.0 Å². The Morgan fingerprint density at radius 1 is 1.24 bits per heavy atom. The van der Waals surface area contributed by atoms with Crippen molar-refractivity contribution in [1.29, 1.82) is 0 Å². The van der Waals surface area contributed by atoms with Crippen LogP contribution in [0.3, 0.4) is 0 Å². The van der Waals surface area contributed by atoms with Gasteiger partial charge in [-0.1, -0.05) is 15.9 Å². The van der Waals surface area contributed by atoms with Gasteiger partial charge in [0.2, 0.25) is 10.0 Å². The molecule has 1 aliphatic heterocycles. The number of urea groups is 1. The van der Waals surface area contributed by atoms with Gasteiger partial charge in [0.05, 0.1) is 23.1 Å². The minimum absolute atomic E-state index is 0.119.